The third kappa shape index (κ3) is 2.93. The Balaban J connectivity index is 0.00000169. The van der Waals surface area contributed by atoms with Crippen molar-refractivity contribution in [2.75, 3.05) is 11.4 Å². The number of thioether (sulfide) groups is 1. The Kier molecular flexibility index (Phi) is 5.15. The van der Waals surface area contributed by atoms with Crippen LogP contribution in [0.4, 0.5) is 5.69 Å². The predicted molar refractivity (Wildman–Crippen MR) is 98.4 cm³/mol. The van der Waals surface area contributed by atoms with Gasteiger partial charge < -0.3 is 28.9 Å². The smallest absolute Gasteiger partial charge is 0.212 e. The highest BCUT2D eigenvalue weighted by molar-refractivity contribution is 8.03. The SMILES string of the molecule is CCN1/C(=C/c2cc[n+](C)c3ccccc23)Sc2ccccc21.[I-]. The van der Waals surface area contributed by atoms with Crippen LogP contribution in [-0.2, 0) is 7.05 Å². The van der Waals surface area contributed by atoms with E-state index in [0.29, 0.717) is 0 Å². The summed E-state index contributed by atoms with van der Waals surface area (Å²) in [6.07, 6.45) is 4.45. The van der Waals surface area contributed by atoms with Crippen LogP contribution in [0.25, 0.3) is 17.0 Å². The van der Waals surface area contributed by atoms with Crippen LogP contribution >= 0.6 is 11.8 Å². The number of pyridine rings is 1. The number of aromatic nitrogens is 1. The number of nitrogens with zero attached hydrogens (tertiary/aromatic N) is 2. The van der Waals surface area contributed by atoms with E-state index in [9.17, 15) is 0 Å². The number of aryl methyl sites for hydroxylation is 1. The summed E-state index contributed by atoms with van der Waals surface area (Å²) >= 11 is 1.86. The second-order valence-electron chi connectivity index (χ2n) is 5.70. The van der Waals surface area contributed by atoms with Gasteiger partial charge >= 0.3 is 0 Å². The normalized spacial score (nSPS) is 14.8. The van der Waals surface area contributed by atoms with Gasteiger partial charge in [-0.05, 0) is 36.8 Å². The van der Waals surface area contributed by atoms with Gasteiger partial charge in [-0.1, -0.05) is 36.0 Å². The van der Waals surface area contributed by atoms with Crippen LogP contribution in [0.1, 0.15) is 12.5 Å². The number of rotatable bonds is 2. The lowest BCUT2D eigenvalue weighted by atomic mass is 10.1. The first kappa shape index (κ1) is 17.3. The van der Waals surface area contributed by atoms with Gasteiger partial charge in [0.2, 0.25) is 5.52 Å². The molecule has 1 aliphatic rings. The molecule has 0 saturated heterocycles. The minimum absolute atomic E-state index is 0. The molecular formula is C20H19IN2S. The zero-order valence-electron chi connectivity index (χ0n) is 13.7. The van der Waals surface area contributed by atoms with E-state index in [2.05, 4.69) is 90.3 Å². The number of fused-ring (bicyclic) bond motifs is 2. The third-order valence-electron chi connectivity index (χ3n) is 4.30. The van der Waals surface area contributed by atoms with Crippen LogP contribution in [0.5, 0.6) is 0 Å². The molecule has 0 spiro atoms. The topological polar surface area (TPSA) is 7.12 Å². The fraction of sp³-hybridized carbons (Fsp3) is 0.150. The van der Waals surface area contributed by atoms with Gasteiger partial charge in [-0.25, -0.2) is 4.57 Å². The quantitative estimate of drug-likeness (QED) is 0.436. The molecule has 3 aromatic rings. The van der Waals surface area contributed by atoms with Crippen molar-refractivity contribution in [3.63, 3.8) is 0 Å². The van der Waals surface area contributed by atoms with Crippen LogP contribution in [0.3, 0.4) is 0 Å². The first-order chi connectivity index (χ1) is 11.3. The van der Waals surface area contributed by atoms with Crippen molar-refractivity contribution in [3.8, 4) is 0 Å². The molecule has 0 atom stereocenters. The Labute approximate surface area is 164 Å². The lowest BCUT2D eigenvalue weighted by Gasteiger charge is -2.18. The first-order valence-electron chi connectivity index (χ1n) is 7.91. The molecule has 122 valence electrons. The summed E-state index contributed by atoms with van der Waals surface area (Å²) in [4.78, 5) is 3.73. The van der Waals surface area contributed by atoms with E-state index in [1.54, 1.807) is 0 Å². The van der Waals surface area contributed by atoms with E-state index < -0.39 is 0 Å². The Bertz CT molecular complexity index is 920. The van der Waals surface area contributed by atoms with Crippen LogP contribution in [0.2, 0.25) is 0 Å². The molecule has 4 rings (SSSR count). The molecule has 0 bridgehead atoms. The molecule has 0 saturated carbocycles. The average Bonchev–Trinajstić information content (AvgIpc) is 2.94. The Hall–Kier alpha value is -1.53. The number of benzene rings is 2. The van der Waals surface area contributed by atoms with Crippen molar-refractivity contribution in [3.05, 3.63) is 71.4 Å². The van der Waals surface area contributed by atoms with Gasteiger partial charge in [0.25, 0.3) is 0 Å². The molecule has 2 heterocycles. The van der Waals surface area contributed by atoms with E-state index >= 15 is 0 Å². The molecule has 0 unspecified atom stereocenters. The van der Waals surface area contributed by atoms with Gasteiger partial charge in [0.05, 0.1) is 16.1 Å². The Morgan fingerprint density at radius 1 is 1.04 bits per heavy atom. The summed E-state index contributed by atoms with van der Waals surface area (Å²) in [5.41, 5.74) is 3.84. The molecular weight excluding hydrogens is 427 g/mol. The molecule has 2 nitrogen and oxygen atoms in total. The van der Waals surface area contributed by atoms with Crippen LogP contribution in [0.15, 0.2) is 70.7 Å². The van der Waals surface area contributed by atoms with Gasteiger partial charge in [0.15, 0.2) is 6.20 Å². The van der Waals surface area contributed by atoms with Crippen molar-refractivity contribution in [2.45, 2.75) is 11.8 Å². The van der Waals surface area contributed by atoms with E-state index in [1.165, 1.54) is 32.1 Å². The molecule has 0 radical (unpaired) electrons. The minimum atomic E-state index is 0. The van der Waals surface area contributed by atoms with Crippen molar-refractivity contribution in [1.82, 2.24) is 0 Å². The van der Waals surface area contributed by atoms with E-state index in [4.69, 9.17) is 0 Å². The molecule has 24 heavy (non-hydrogen) atoms. The third-order valence-corrected chi connectivity index (χ3v) is 5.42. The van der Waals surface area contributed by atoms with Gasteiger partial charge in [0.1, 0.15) is 7.05 Å². The maximum Gasteiger partial charge on any atom is 0.212 e. The predicted octanol–water partition coefficient (Wildman–Crippen LogP) is 1.60. The molecule has 0 N–H and O–H groups in total. The van der Waals surface area contributed by atoms with Crippen LogP contribution < -0.4 is 33.4 Å². The minimum Gasteiger partial charge on any atom is -1.00 e. The molecule has 0 aliphatic carbocycles. The fourth-order valence-electron chi connectivity index (χ4n) is 3.13. The van der Waals surface area contributed by atoms with E-state index in [-0.39, 0.29) is 24.0 Å². The number of halogens is 1. The van der Waals surface area contributed by atoms with Gasteiger partial charge in [-0.2, -0.15) is 0 Å². The largest absolute Gasteiger partial charge is 1.00 e. The number of anilines is 1. The van der Waals surface area contributed by atoms with E-state index in [1.807, 2.05) is 11.8 Å². The first-order valence-corrected chi connectivity index (χ1v) is 8.73. The number of para-hydroxylation sites is 2. The van der Waals surface area contributed by atoms with Crippen LogP contribution in [0, 0.1) is 0 Å². The van der Waals surface area contributed by atoms with Crippen molar-refractivity contribution in [2.24, 2.45) is 7.05 Å². The summed E-state index contributed by atoms with van der Waals surface area (Å²) in [5, 5.41) is 2.59. The zero-order valence-corrected chi connectivity index (χ0v) is 16.7. The average molecular weight is 446 g/mol. The van der Waals surface area contributed by atoms with Gasteiger partial charge in [0, 0.05) is 23.6 Å². The van der Waals surface area contributed by atoms with Crippen molar-refractivity contribution in [1.29, 1.82) is 0 Å². The highest BCUT2D eigenvalue weighted by atomic mass is 127. The van der Waals surface area contributed by atoms with Gasteiger partial charge in [-0.3, -0.25) is 0 Å². The van der Waals surface area contributed by atoms with Gasteiger partial charge in [-0.15, -0.1) is 0 Å². The Morgan fingerprint density at radius 3 is 2.62 bits per heavy atom. The Morgan fingerprint density at radius 2 is 1.79 bits per heavy atom. The summed E-state index contributed by atoms with van der Waals surface area (Å²) in [5.74, 6) is 0. The summed E-state index contributed by atoms with van der Waals surface area (Å²) in [6, 6.07) is 19.4. The van der Waals surface area contributed by atoms with E-state index in [0.717, 1.165) is 6.54 Å². The molecule has 1 aromatic heterocycles. The molecule has 0 amide bonds. The summed E-state index contributed by atoms with van der Waals surface area (Å²) in [6.45, 7) is 3.19. The molecule has 1 aliphatic heterocycles. The zero-order chi connectivity index (χ0) is 15.8. The lowest BCUT2D eigenvalue weighted by molar-refractivity contribution is -0.644. The second-order valence-corrected chi connectivity index (χ2v) is 6.76. The monoisotopic (exact) mass is 446 g/mol. The maximum atomic E-state index is 2.39. The molecule has 4 heteroatoms. The maximum absolute atomic E-state index is 2.39. The summed E-state index contributed by atoms with van der Waals surface area (Å²) in [7, 11) is 2.10. The van der Waals surface area contributed by atoms with Crippen molar-refractivity contribution >= 4 is 34.4 Å². The summed E-state index contributed by atoms with van der Waals surface area (Å²) < 4.78 is 2.17. The molecule has 2 aromatic carbocycles. The van der Waals surface area contributed by atoms with Crippen molar-refractivity contribution < 1.29 is 28.5 Å². The lowest BCUT2D eigenvalue weighted by Crippen LogP contribution is -3.00. The highest BCUT2D eigenvalue weighted by Gasteiger charge is 2.23. The standard InChI is InChI=1S/C20H19N2S.HI/c1-3-22-18-10-6-7-11-19(18)23-20(22)14-15-12-13-21(2)17-9-5-4-8-16(15)17;/h4-14H,3H2,1-2H3;1H/q+1;/p-1. The number of hydrogen-bond acceptors (Lipinski definition) is 2. The molecule has 0 fully saturated rings. The second kappa shape index (κ2) is 7.15. The van der Waals surface area contributed by atoms with Crippen LogP contribution in [-0.4, -0.2) is 6.54 Å². The highest BCUT2D eigenvalue weighted by Crippen LogP contribution is 2.46. The fourth-order valence-corrected chi connectivity index (χ4v) is 4.31. The number of hydrogen-bond donors (Lipinski definition) is 0.